The van der Waals surface area contributed by atoms with Gasteiger partial charge in [-0.15, -0.1) is 0 Å². The Morgan fingerprint density at radius 3 is 2.08 bits per heavy atom. The first-order valence-electron chi connectivity index (χ1n) is 13.9. The van der Waals surface area contributed by atoms with Crippen LogP contribution in [0.2, 0.25) is 0 Å². The fourth-order valence-electron chi connectivity index (χ4n) is 6.24. The van der Waals surface area contributed by atoms with Gasteiger partial charge < -0.3 is 4.90 Å². The van der Waals surface area contributed by atoms with Crippen LogP contribution in [0.3, 0.4) is 0 Å². The lowest BCUT2D eigenvalue weighted by molar-refractivity contribution is -0.162. The van der Waals surface area contributed by atoms with Crippen molar-refractivity contribution in [2.75, 3.05) is 13.1 Å². The highest BCUT2D eigenvalue weighted by Crippen LogP contribution is 2.48. The van der Waals surface area contributed by atoms with Gasteiger partial charge in [-0.25, -0.2) is 0 Å². The summed E-state index contributed by atoms with van der Waals surface area (Å²) < 4.78 is 81.9. The maximum absolute atomic E-state index is 13.8. The van der Waals surface area contributed by atoms with Crippen LogP contribution < -0.4 is 0 Å². The molecule has 0 aliphatic heterocycles. The molecule has 1 aliphatic carbocycles. The summed E-state index contributed by atoms with van der Waals surface area (Å²) in [5.74, 6) is -0.193. The molecule has 0 heterocycles. The Labute approximate surface area is 228 Å². The largest absolute Gasteiger partial charge is 0.417 e. The van der Waals surface area contributed by atoms with E-state index >= 15 is 0 Å². The maximum atomic E-state index is 13.8. The summed E-state index contributed by atoms with van der Waals surface area (Å²) in [5, 5.41) is 10.5. The van der Waals surface area contributed by atoms with Gasteiger partial charge in [-0.1, -0.05) is 63.1 Å². The average molecular weight is 553 g/mol. The molecular formula is C31H38F6N2. The number of hydrogen-bond acceptors (Lipinski definition) is 2. The summed E-state index contributed by atoms with van der Waals surface area (Å²) in [7, 11) is 0. The number of halogens is 6. The molecule has 214 valence electrons. The molecule has 2 aromatic rings. The smallest absolute Gasteiger partial charge is 0.300 e. The van der Waals surface area contributed by atoms with E-state index in [1.165, 1.54) is 5.56 Å². The van der Waals surface area contributed by atoms with Crippen molar-refractivity contribution in [3.8, 4) is 6.07 Å². The van der Waals surface area contributed by atoms with Crippen LogP contribution in [-0.4, -0.2) is 24.0 Å². The molecule has 2 aromatic carbocycles. The van der Waals surface area contributed by atoms with Crippen LogP contribution in [0.25, 0.3) is 0 Å². The Kier molecular flexibility index (Phi) is 10.5. The second kappa shape index (κ2) is 13.2. The number of nitrogens with zero attached hydrogens (tertiary/aromatic N) is 2. The number of benzene rings is 2. The fourth-order valence-corrected chi connectivity index (χ4v) is 6.24. The standard InChI is InChI=1S/C31H38F6N2/c1-3-19-39(20-17-23-10-6-5-7-11-23)26(4-2)16-18-29(22-38,24-12-8-9-13-24)25-14-15-27(30(32,33)34)28(21-25)31(35,36)37/h5-7,10-11,14-15,21,24,26H,3-4,8-9,12-13,16-20H2,1-2H3. The van der Waals surface area contributed by atoms with E-state index in [1.54, 1.807) is 0 Å². The molecule has 2 atom stereocenters. The summed E-state index contributed by atoms with van der Waals surface area (Å²) in [5.41, 5.74) is -3.43. The zero-order chi connectivity index (χ0) is 28.7. The lowest BCUT2D eigenvalue weighted by Crippen LogP contribution is -2.40. The highest BCUT2D eigenvalue weighted by molar-refractivity contribution is 5.43. The highest BCUT2D eigenvalue weighted by atomic mass is 19.4. The quantitative estimate of drug-likeness (QED) is 0.246. The SMILES string of the molecule is CCCN(CCc1ccccc1)C(CC)CCC(C#N)(c1ccc(C(F)(F)F)c(C(F)(F)F)c1)C1CCCC1. The number of hydrogen-bond donors (Lipinski definition) is 0. The van der Waals surface area contributed by atoms with Crippen molar-refractivity contribution in [1.82, 2.24) is 4.90 Å². The summed E-state index contributed by atoms with van der Waals surface area (Å²) in [6, 6.07) is 14.8. The molecule has 1 fully saturated rings. The summed E-state index contributed by atoms with van der Waals surface area (Å²) in [6.45, 7) is 5.84. The molecule has 8 heteroatoms. The van der Waals surface area contributed by atoms with E-state index in [4.69, 9.17) is 0 Å². The molecule has 0 N–H and O–H groups in total. The van der Waals surface area contributed by atoms with Gasteiger partial charge in [-0.3, -0.25) is 0 Å². The predicted octanol–water partition coefficient (Wildman–Crippen LogP) is 9.19. The van der Waals surface area contributed by atoms with E-state index in [-0.39, 0.29) is 17.5 Å². The molecule has 0 saturated heterocycles. The molecule has 1 saturated carbocycles. The van der Waals surface area contributed by atoms with Crippen LogP contribution in [-0.2, 0) is 24.2 Å². The van der Waals surface area contributed by atoms with Crippen molar-refractivity contribution in [3.05, 3.63) is 70.8 Å². The number of alkyl halides is 6. The lowest BCUT2D eigenvalue weighted by Gasteiger charge is -2.38. The molecule has 2 nitrogen and oxygen atoms in total. The minimum Gasteiger partial charge on any atom is -0.300 e. The van der Waals surface area contributed by atoms with Crippen molar-refractivity contribution >= 4 is 0 Å². The van der Waals surface area contributed by atoms with Gasteiger partial charge in [0.2, 0.25) is 0 Å². The molecule has 0 aromatic heterocycles. The third-order valence-corrected chi connectivity index (χ3v) is 8.30. The zero-order valence-electron chi connectivity index (χ0n) is 22.7. The Morgan fingerprint density at radius 2 is 1.54 bits per heavy atom. The molecular weight excluding hydrogens is 514 g/mol. The van der Waals surface area contributed by atoms with Gasteiger partial charge in [0.05, 0.1) is 22.6 Å². The van der Waals surface area contributed by atoms with Gasteiger partial charge in [0.25, 0.3) is 0 Å². The Bertz CT molecular complexity index is 1080. The normalized spacial score (nSPS) is 17.2. The van der Waals surface area contributed by atoms with E-state index in [9.17, 15) is 31.6 Å². The van der Waals surface area contributed by atoms with E-state index in [0.717, 1.165) is 51.3 Å². The minimum absolute atomic E-state index is 0.0541. The highest BCUT2D eigenvalue weighted by Gasteiger charge is 2.47. The van der Waals surface area contributed by atoms with Crippen molar-refractivity contribution < 1.29 is 26.3 Å². The topological polar surface area (TPSA) is 27.0 Å². The van der Waals surface area contributed by atoms with Crippen molar-refractivity contribution in [1.29, 1.82) is 5.26 Å². The van der Waals surface area contributed by atoms with Crippen molar-refractivity contribution in [2.45, 2.75) is 95.4 Å². The minimum atomic E-state index is -5.18. The predicted molar refractivity (Wildman–Crippen MR) is 141 cm³/mol. The number of rotatable bonds is 12. The lowest BCUT2D eigenvalue weighted by atomic mass is 9.66. The Hall–Kier alpha value is -2.53. The Balaban J connectivity index is 1.95. The van der Waals surface area contributed by atoms with E-state index < -0.39 is 28.9 Å². The van der Waals surface area contributed by atoms with Crippen LogP contribution >= 0.6 is 0 Å². The first kappa shape index (κ1) is 31.0. The first-order valence-corrected chi connectivity index (χ1v) is 13.9. The Morgan fingerprint density at radius 1 is 0.897 bits per heavy atom. The van der Waals surface area contributed by atoms with E-state index in [1.807, 2.05) is 18.2 Å². The van der Waals surface area contributed by atoms with E-state index in [2.05, 4.69) is 36.9 Å². The van der Waals surface area contributed by atoms with Gasteiger partial charge in [-0.2, -0.15) is 31.6 Å². The zero-order valence-corrected chi connectivity index (χ0v) is 22.7. The van der Waals surface area contributed by atoms with E-state index in [0.29, 0.717) is 37.8 Å². The third kappa shape index (κ3) is 7.57. The molecule has 0 spiro atoms. The summed E-state index contributed by atoms with van der Waals surface area (Å²) >= 11 is 0. The van der Waals surface area contributed by atoms with Crippen molar-refractivity contribution in [2.24, 2.45) is 5.92 Å². The second-order valence-corrected chi connectivity index (χ2v) is 10.7. The molecule has 3 rings (SSSR count). The van der Waals surface area contributed by atoms with Crippen LogP contribution in [0.4, 0.5) is 26.3 Å². The van der Waals surface area contributed by atoms with Crippen LogP contribution in [0.5, 0.6) is 0 Å². The maximum Gasteiger partial charge on any atom is 0.417 e. The molecule has 0 bridgehead atoms. The van der Waals surface area contributed by atoms with Gasteiger partial charge in [0.1, 0.15) is 0 Å². The van der Waals surface area contributed by atoms with Gasteiger partial charge in [-0.05, 0) is 80.7 Å². The molecule has 0 radical (unpaired) electrons. The van der Waals surface area contributed by atoms with Gasteiger partial charge >= 0.3 is 12.4 Å². The van der Waals surface area contributed by atoms with Crippen LogP contribution in [0.15, 0.2) is 48.5 Å². The number of nitriles is 1. The summed E-state index contributed by atoms with van der Waals surface area (Å²) in [4.78, 5) is 2.39. The van der Waals surface area contributed by atoms with Gasteiger partial charge in [0, 0.05) is 12.6 Å². The molecule has 39 heavy (non-hydrogen) atoms. The fraction of sp³-hybridized carbons (Fsp3) is 0.581. The molecule has 0 amide bonds. The van der Waals surface area contributed by atoms with Crippen LogP contribution in [0, 0.1) is 17.2 Å². The molecule has 2 unspecified atom stereocenters. The third-order valence-electron chi connectivity index (χ3n) is 8.30. The average Bonchev–Trinajstić information content (AvgIpc) is 3.44. The summed E-state index contributed by atoms with van der Waals surface area (Å²) in [6.07, 6.45) is -3.76. The molecule has 1 aliphatic rings. The van der Waals surface area contributed by atoms with Crippen molar-refractivity contribution in [3.63, 3.8) is 0 Å². The van der Waals surface area contributed by atoms with Gasteiger partial charge in [0.15, 0.2) is 0 Å². The van der Waals surface area contributed by atoms with Crippen LogP contribution in [0.1, 0.15) is 87.5 Å². The second-order valence-electron chi connectivity index (χ2n) is 10.7. The first-order chi connectivity index (χ1) is 18.5. The monoisotopic (exact) mass is 552 g/mol.